The van der Waals surface area contributed by atoms with Crippen LogP contribution in [0, 0.1) is 6.92 Å². The molecule has 2 aromatic heterocycles. The summed E-state index contributed by atoms with van der Waals surface area (Å²) in [6, 6.07) is 10.8. The number of carboxylic acids is 1. The minimum Gasteiger partial charge on any atom is -0.478 e. The van der Waals surface area contributed by atoms with Crippen molar-refractivity contribution >= 4 is 38.5 Å². The largest absolute Gasteiger partial charge is 0.478 e. The van der Waals surface area contributed by atoms with Crippen molar-refractivity contribution < 1.29 is 9.90 Å². The number of carboxylic acid groups (broad SMARTS) is 1. The second kappa shape index (κ2) is 4.90. The molecule has 1 aromatic carbocycles. The number of aryl methyl sites for hydroxylation is 1. The second-order valence-electron chi connectivity index (χ2n) is 4.30. The Hall–Kier alpha value is -2.47. The lowest BCUT2D eigenvalue weighted by molar-refractivity contribution is 0.0696. The molecule has 0 aliphatic carbocycles. The van der Waals surface area contributed by atoms with Gasteiger partial charge in [0.05, 0.1) is 15.8 Å². The SMILES string of the molecule is Cc1cc(C(=O)O)cc(Nc2nc3ccccc3s2)n1. The number of fused-ring (bicyclic) bond motifs is 1. The van der Waals surface area contributed by atoms with E-state index < -0.39 is 5.97 Å². The number of benzene rings is 1. The number of anilines is 2. The molecule has 2 N–H and O–H groups in total. The van der Waals surface area contributed by atoms with Crippen molar-refractivity contribution in [2.24, 2.45) is 0 Å². The third kappa shape index (κ3) is 2.46. The quantitative estimate of drug-likeness (QED) is 0.771. The smallest absolute Gasteiger partial charge is 0.335 e. The first kappa shape index (κ1) is 12.6. The topological polar surface area (TPSA) is 75.1 Å². The first-order valence-corrected chi connectivity index (χ1v) is 6.78. The van der Waals surface area contributed by atoms with Crippen LogP contribution in [-0.2, 0) is 0 Å². The number of aromatic carboxylic acids is 1. The fraction of sp³-hybridized carbons (Fsp3) is 0.0714. The number of rotatable bonds is 3. The summed E-state index contributed by atoms with van der Waals surface area (Å²) in [5, 5.41) is 12.8. The van der Waals surface area contributed by atoms with E-state index in [0.717, 1.165) is 10.2 Å². The average molecular weight is 285 g/mol. The van der Waals surface area contributed by atoms with E-state index in [1.165, 1.54) is 23.5 Å². The molecule has 2 heterocycles. The Morgan fingerprint density at radius 1 is 1.25 bits per heavy atom. The highest BCUT2D eigenvalue weighted by molar-refractivity contribution is 7.22. The van der Waals surface area contributed by atoms with Gasteiger partial charge in [0.25, 0.3) is 0 Å². The summed E-state index contributed by atoms with van der Waals surface area (Å²) in [4.78, 5) is 19.7. The monoisotopic (exact) mass is 285 g/mol. The Labute approximate surface area is 118 Å². The maximum atomic E-state index is 11.0. The third-order valence-corrected chi connectivity index (χ3v) is 3.68. The first-order valence-electron chi connectivity index (χ1n) is 5.96. The molecule has 0 amide bonds. The van der Waals surface area contributed by atoms with Crippen LogP contribution >= 0.6 is 11.3 Å². The van der Waals surface area contributed by atoms with Crippen LogP contribution in [0.15, 0.2) is 36.4 Å². The molecule has 0 atom stereocenters. The van der Waals surface area contributed by atoms with E-state index in [0.29, 0.717) is 16.6 Å². The Balaban J connectivity index is 1.96. The van der Waals surface area contributed by atoms with E-state index in [1.54, 1.807) is 6.92 Å². The standard InChI is InChI=1S/C14H11N3O2S/c1-8-6-9(13(18)19)7-12(15-8)17-14-16-10-4-2-3-5-11(10)20-14/h2-7H,1H3,(H,18,19)(H,15,16,17). The van der Waals surface area contributed by atoms with Gasteiger partial charge in [0.2, 0.25) is 0 Å². The molecule has 0 saturated carbocycles. The van der Waals surface area contributed by atoms with Crippen LogP contribution in [0.25, 0.3) is 10.2 Å². The Morgan fingerprint density at radius 3 is 2.80 bits per heavy atom. The molecule has 0 bridgehead atoms. The van der Waals surface area contributed by atoms with Gasteiger partial charge in [-0.15, -0.1) is 0 Å². The molecule has 20 heavy (non-hydrogen) atoms. The highest BCUT2D eigenvalue weighted by Gasteiger charge is 2.09. The molecule has 3 aromatic rings. The molecular formula is C14H11N3O2S. The molecule has 6 heteroatoms. The van der Waals surface area contributed by atoms with Gasteiger partial charge in [0, 0.05) is 5.69 Å². The second-order valence-corrected chi connectivity index (χ2v) is 5.33. The number of para-hydroxylation sites is 1. The fourth-order valence-corrected chi connectivity index (χ4v) is 2.76. The number of nitrogens with zero attached hydrogens (tertiary/aromatic N) is 2. The third-order valence-electron chi connectivity index (χ3n) is 2.73. The molecule has 0 aliphatic heterocycles. The summed E-state index contributed by atoms with van der Waals surface area (Å²) in [5.41, 5.74) is 1.76. The Morgan fingerprint density at radius 2 is 2.05 bits per heavy atom. The molecule has 0 radical (unpaired) electrons. The zero-order chi connectivity index (χ0) is 14.1. The van der Waals surface area contributed by atoms with Crippen molar-refractivity contribution in [3.8, 4) is 0 Å². The zero-order valence-corrected chi connectivity index (χ0v) is 11.4. The van der Waals surface area contributed by atoms with Crippen molar-refractivity contribution in [3.63, 3.8) is 0 Å². The summed E-state index contributed by atoms with van der Waals surface area (Å²) in [7, 11) is 0. The van der Waals surface area contributed by atoms with Crippen molar-refractivity contribution in [1.29, 1.82) is 0 Å². The van der Waals surface area contributed by atoms with E-state index in [4.69, 9.17) is 5.11 Å². The molecule has 0 saturated heterocycles. The van der Waals surface area contributed by atoms with Gasteiger partial charge >= 0.3 is 5.97 Å². The lowest BCUT2D eigenvalue weighted by Gasteiger charge is -2.04. The van der Waals surface area contributed by atoms with E-state index >= 15 is 0 Å². The molecule has 5 nitrogen and oxygen atoms in total. The highest BCUT2D eigenvalue weighted by Crippen LogP contribution is 2.27. The van der Waals surface area contributed by atoms with Crippen molar-refractivity contribution in [2.45, 2.75) is 6.92 Å². The highest BCUT2D eigenvalue weighted by atomic mass is 32.1. The van der Waals surface area contributed by atoms with Gasteiger partial charge in [-0.2, -0.15) is 0 Å². The van der Waals surface area contributed by atoms with E-state index in [2.05, 4.69) is 15.3 Å². The number of thiazole rings is 1. The van der Waals surface area contributed by atoms with Crippen LogP contribution in [-0.4, -0.2) is 21.0 Å². The molecular weight excluding hydrogens is 274 g/mol. The van der Waals surface area contributed by atoms with Crippen LogP contribution in [0.1, 0.15) is 16.1 Å². The van der Waals surface area contributed by atoms with Gasteiger partial charge < -0.3 is 10.4 Å². The number of hydrogen-bond acceptors (Lipinski definition) is 5. The summed E-state index contributed by atoms with van der Waals surface area (Å²) in [6.45, 7) is 1.76. The van der Waals surface area contributed by atoms with Crippen LogP contribution in [0.4, 0.5) is 10.9 Å². The van der Waals surface area contributed by atoms with Crippen molar-refractivity contribution in [1.82, 2.24) is 9.97 Å². The minimum absolute atomic E-state index is 0.209. The first-order chi connectivity index (χ1) is 9.61. The van der Waals surface area contributed by atoms with E-state index in [1.807, 2.05) is 24.3 Å². The number of pyridine rings is 1. The Bertz CT molecular complexity index is 765. The van der Waals surface area contributed by atoms with Crippen LogP contribution in [0.3, 0.4) is 0 Å². The summed E-state index contributed by atoms with van der Waals surface area (Å²) in [6.07, 6.45) is 0. The summed E-state index contributed by atoms with van der Waals surface area (Å²) in [5.74, 6) is -0.482. The number of nitrogens with one attached hydrogen (secondary N) is 1. The van der Waals surface area contributed by atoms with Gasteiger partial charge in [0.15, 0.2) is 5.13 Å². The van der Waals surface area contributed by atoms with Crippen molar-refractivity contribution in [2.75, 3.05) is 5.32 Å². The lowest BCUT2D eigenvalue weighted by atomic mass is 10.2. The zero-order valence-electron chi connectivity index (χ0n) is 10.6. The van der Waals surface area contributed by atoms with Gasteiger partial charge in [-0.3, -0.25) is 0 Å². The van der Waals surface area contributed by atoms with Crippen LogP contribution in [0.5, 0.6) is 0 Å². The van der Waals surface area contributed by atoms with Crippen molar-refractivity contribution in [3.05, 3.63) is 47.7 Å². The number of aromatic nitrogens is 2. The van der Waals surface area contributed by atoms with E-state index in [9.17, 15) is 4.79 Å². The molecule has 0 unspecified atom stereocenters. The van der Waals surface area contributed by atoms with Crippen LogP contribution < -0.4 is 5.32 Å². The number of hydrogen-bond donors (Lipinski definition) is 2. The van der Waals surface area contributed by atoms with Gasteiger partial charge in [-0.05, 0) is 31.2 Å². The maximum Gasteiger partial charge on any atom is 0.335 e. The van der Waals surface area contributed by atoms with Crippen LogP contribution in [0.2, 0.25) is 0 Å². The molecule has 0 spiro atoms. The fourth-order valence-electron chi connectivity index (χ4n) is 1.89. The molecule has 3 rings (SSSR count). The normalized spacial score (nSPS) is 10.7. The maximum absolute atomic E-state index is 11.0. The van der Waals surface area contributed by atoms with Gasteiger partial charge in [-0.1, -0.05) is 23.5 Å². The van der Waals surface area contributed by atoms with Gasteiger partial charge in [0.1, 0.15) is 5.82 Å². The summed E-state index contributed by atoms with van der Waals surface area (Å²) >= 11 is 1.50. The molecule has 0 aliphatic rings. The lowest BCUT2D eigenvalue weighted by Crippen LogP contribution is -2.01. The Kier molecular flexibility index (Phi) is 3.08. The minimum atomic E-state index is -0.970. The summed E-state index contributed by atoms with van der Waals surface area (Å²) < 4.78 is 1.07. The van der Waals surface area contributed by atoms with E-state index in [-0.39, 0.29) is 5.56 Å². The average Bonchev–Trinajstić information content (AvgIpc) is 2.79. The molecule has 100 valence electrons. The predicted octanol–water partition coefficient (Wildman–Crippen LogP) is 3.44. The number of carbonyl (C=O) groups is 1. The predicted molar refractivity (Wildman–Crippen MR) is 78.8 cm³/mol. The molecule has 0 fully saturated rings. The van der Waals surface area contributed by atoms with Gasteiger partial charge in [-0.25, -0.2) is 14.8 Å².